The molecule has 0 unspecified atom stereocenters. The normalized spacial score (nSPS) is 17.1. The van der Waals surface area contributed by atoms with Crippen molar-refractivity contribution >= 4 is 32.9 Å². The van der Waals surface area contributed by atoms with E-state index in [1.807, 2.05) is 35.0 Å². The van der Waals surface area contributed by atoms with E-state index in [4.69, 9.17) is 0 Å². The van der Waals surface area contributed by atoms with Crippen molar-refractivity contribution in [3.63, 3.8) is 0 Å². The van der Waals surface area contributed by atoms with Crippen molar-refractivity contribution in [1.29, 1.82) is 0 Å². The highest BCUT2D eigenvalue weighted by Crippen LogP contribution is 2.23. The molecule has 1 saturated heterocycles. The standard InChI is InChI=1S/C15H20N2O2S3/c18-22(19,16-8-2-1-3-9-16)17(12-14-6-4-10-20-14)13-15-7-5-11-21-15/h4-7,10-11H,1-3,8-9,12-13H2. The molecule has 3 rings (SSSR count). The van der Waals surface area contributed by atoms with Crippen LogP contribution < -0.4 is 0 Å². The number of rotatable bonds is 6. The van der Waals surface area contributed by atoms with Gasteiger partial charge in [0.2, 0.25) is 0 Å². The second-order valence-corrected chi connectivity index (χ2v) is 9.39. The zero-order valence-electron chi connectivity index (χ0n) is 12.3. The van der Waals surface area contributed by atoms with E-state index < -0.39 is 10.2 Å². The van der Waals surface area contributed by atoms with Crippen LogP contribution in [0.2, 0.25) is 0 Å². The lowest BCUT2D eigenvalue weighted by molar-refractivity contribution is 0.298. The molecule has 0 aromatic carbocycles. The molecule has 2 aromatic rings. The Morgan fingerprint density at radius 3 is 1.95 bits per heavy atom. The monoisotopic (exact) mass is 356 g/mol. The van der Waals surface area contributed by atoms with Gasteiger partial charge in [0.15, 0.2) is 0 Å². The molecule has 7 heteroatoms. The van der Waals surface area contributed by atoms with E-state index in [1.165, 1.54) is 0 Å². The summed E-state index contributed by atoms with van der Waals surface area (Å²) in [5, 5.41) is 3.98. The van der Waals surface area contributed by atoms with Crippen LogP contribution in [-0.2, 0) is 23.3 Å². The maximum absolute atomic E-state index is 13.0. The molecule has 3 heterocycles. The molecule has 1 aliphatic rings. The summed E-state index contributed by atoms with van der Waals surface area (Å²) in [6.45, 7) is 2.20. The van der Waals surface area contributed by atoms with Gasteiger partial charge in [-0.25, -0.2) is 0 Å². The van der Waals surface area contributed by atoms with Gasteiger partial charge in [0, 0.05) is 35.9 Å². The second-order valence-electron chi connectivity index (χ2n) is 5.39. The summed E-state index contributed by atoms with van der Waals surface area (Å²) in [6, 6.07) is 7.93. The van der Waals surface area contributed by atoms with Crippen LogP contribution in [0, 0.1) is 0 Å². The van der Waals surface area contributed by atoms with E-state index >= 15 is 0 Å². The predicted molar refractivity (Wildman–Crippen MR) is 92.2 cm³/mol. The average Bonchev–Trinajstić information content (AvgIpc) is 3.21. The fourth-order valence-electron chi connectivity index (χ4n) is 2.63. The smallest absolute Gasteiger partial charge is 0.195 e. The maximum Gasteiger partial charge on any atom is 0.282 e. The van der Waals surface area contributed by atoms with Gasteiger partial charge < -0.3 is 0 Å². The molecule has 120 valence electrons. The average molecular weight is 357 g/mol. The quantitative estimate of drug-likeness (QED) is 0.794. The molecule has 0 saturated carbocycles. The zero-order valence-corrected chi connectivity index (χ0v) is 14.8. The lowest BCUT2D eigenvalue weighted by Gasteiger charge is -2.31. The summed E-state index contributed by atoms with van der Waals surface area (Å²) >= 11 is 3.21. The summed E-state index contributed by atoms with van der Waals surface area (Å²) in [5.41, 5.74) is 0. The minimum Gasteiger partial charge on any atom is -0.195 e. The first-order valence-electron chi connectivity index (χ1n) is 7.46. The molecular weight excluding hydrogens is 336 g/mol. The summed E-state index contributed by atoms with van der Waals surface area (Å²) in [4.78, 5) is 2.16. The highest BCUT2D eigenvalue weighted by molar-refractivity contribution is 7.86. The van der Waals surface area contributed by atoms with E-state index in [-0.39, 0.29) is 0 Å². The lowest BCUT2D eigenvalue weighted by Crippen LogP contribution is -2.45. The Kier molecular flexibility index (Phi) is 5.30. The molecule has 0 bridgehead atoms. The second kappa shape index (κ2) is 7.23. The molecule has 22 heavy (non-hydrogen) atoms. The number of thiophene rings is 2. The molecule has 0 N–H and O–H groups in total. The van der Waals surface area contributed by atoms with E-state index in [0.29, 0.717) is 26.2 Å². The van der Waals surface area contributed by atoms with Gasteiger partial charge in [0.05, 0.1) is 0 Å². The van der Waals surface area contributed by atoms with E-state index in [9.17, 15) is 8.42 Å². The highest BCUT2D eigenvalue weighted by atomic mass is 32.2. The van der Waals surface area contributed by atoms with Crippen LogP contribution >= 0.6 is 22.7 Å². The van der Waals surface area contributed by atoms with Crippen molar-refractivity contribution in [2.45, 2.75) is 32.4 Å². The zero-order chi connectivity index (χ0) is 15.4. The Bertz CT molecular complexity index is 623. The Balaban J connectivity index is 1.82. The van der Waals surface area contributed by atoms with Crippen LogP contribution in [0.25, 0.3) is 0 Å². The van der Waals surface area contributed by atoms with Crippen molar-refractivity contribution < 1.29 is 8.42 Å². The first-order valence-corrected chi connectivity index (χ1v) is 10.6. The third-order valence-corrected chi connectivity index (χ3v) is 7.44. The van der Waals surface area contributed by atoms with Crippen LogP contribution in [0.1, 0.15) is 29.0 Å². The maximum atomic E-state index is 13.0. The van der Waals surface area contributed by atoms with Gasteiger partial charge in [-0.2, -0.15) is 17.0 Å². The topological polar surface area (TPSA) is 40.6 Å². The molecule has 1 fully saturated rings. The van der Waals surface area contributed by atoms with Crippen molar-refractivity contribution in [2.75, 3.05) is 13.1 Å². The molecule has 0 aliphatic carbocycles. The van der Waals surface area contributed by atoms with Gasteiger partial charge in [-0.05, 0) is 35.7 Å². The third-order valence-electron chi connectivity index (χ3n) is 3.79. The first kappa shape index (κ1) is 16.1. The minimum atomic E-state index is -3.40. The van der Waals surface area contributed by atoms with Crippen molar-refractivity contribution in [2.24, 2.45) is 0 Å². The Hall–Kier alpha value is -0.730. The Morgan fingerprint density at radius 1 is 0.955 bits per heavy atom. The number of hydrogen-bond donors (Lipinski definition) is 0. The molecule has 1 aliphatic heterocycles. The summed E-state index contributed by atoms with van der Waals surface area (Å²) < 4.78 is 29.3. The summed E-state index contributed by atoms with van der Waals surface area (Å²) in [6.07, 6.45) is 3.05. The highest BCUT2D eigenvalue weighted by Gasteiger charge is 2.31. The van der Waals surface area contributed by atoms with Gasteiger partial charge >= 0.3 is 0 Å². The van der Waals surface area contributed by atoms with Crippen molar-refractivity contribution in [3.8, 4) is 0 Å². The van der Waals surface area contributed by atoms with Crippen molar-refractivity contribution in [1.82, 2.24) is 8.61 Å². The predicted octanol–water partition coefficient (Wildman–Crippen LogP) is 3.54. The number of nitrogens with zero attached hydrogens (tertiary/aromatic N) is 2. The van der Waals surface area contributed by atoms with Crippen molar-refractivity contribution in [3.05, 3.63) is 44.8 Å². The third kappa shape index (κ3) is 3.78. The molecular formula is C15H20N2O2S3. The van der Waals surface area contributed by atoms with Gasteiger partial charge in [0.25, 0.3) is 10.2 Å². The van der Waals surface area contributed by atoms with E-state index in [0.717, 1.165) is 29.0 Å². The van der Waals surface area contributed by atoms with E-state index in [2.05, 4.69) is 0 Å². The largest absolute Gasteiger partial charge is 0.282 e. The lowest BCUT2D eigenvalue weighted by atomic mass is 10.2. The van der Waals surface area contributed by atoms with Crippen LogP contribution in [0.4, 0.5) is 0 Å². The number of piperidine rings is 1. The van der Waals surface area contributed by atoms with Gasteiger partial charge in [-0.1, -0.05) is 18.6 Å². The fourth-order valence-corrected chi connectivity index (χ4v) is 5.88. The Labute approximate surface area is 140 Å². The molecule has 0 radical (unpaired) electrons. The van der Waals surface area contributed by atoms with Crippen LogP contribution in [0.15, 0.2) is 35.0 Å². The SMILES string of the molecule is O=S(=O)(N1CCCCC1)N(Cc1cccs1)Cc1cccs1. The summed E-state index contributed by atoms with van der Waals surface area (Å²) in [5.74, 6) is 0. The molecule has 0 atom stereocenters. The molecule has 4 nitrogen and oxygen atoms in total. The first-order chi connectivity index (χ1) is 10.7. The Morgan fingerprint density at radius 2 is 1.50 bits per heavy atom. The minimum absolute atomic E-state index is 0.453. The number of hydrogen-bond acceptors (Lipinski definition) is 4. The summed E-state index contributed by atoms with van der Waals surface area (Å²) in [7, 11) is -3.40. The molecule has 0 spiro atoms. The van der Waals surface area contributed by atoms with Crippen LogP contribution in [-0.4, -0.2) is 30.1 Å². The van der Waals surface area contributed by atoms with Crippen LogP contribution in [0.3, 0.4) is 0 Å². The van der Waals surface area contributed by atoms with Crippen LogP contribution in [0.5, 0.6) is 0 Å². The molecule has 0 amide bonds. The fraction of sp³-hybridized carbons (Fsp3) is 0.467. The van der Waals surface area contributed by atoms with E-state index in [1.54, 1.807) is 31.3 Å². The molecule has 2 aromatic heterocycles. The van der Waals surface area contributed by atoms with Gasteiger partial charge in [-0.15, -0.1) is 22.7 Å². The van der Waals surface area contributed by atoms with Gasteiger partial charge in [-0.3, -0.25) is 0 Å². The van der Waals surface area contributed by atoms with Gasteiger partial charge in [0.1, 0.15) is 0 Å².